The topological polar surface area (TPSA) is 102 Å². The summed E-state index contributed by atoms with van der Waals surface area (Å²) in [7, 11) is -2.06. The van der Waals surface area contributed by atoms with Gasteiger partial charge in [-0.3, -0.25) is 4.68 Å². The molecule has 100 valence electrons. The zero-order valence-corrected chi connectivity index (χ0v) is 10.8. The van der Waals surface area contributed by atoms with Crippen LogP contribution < -0.4 is 0 Å². The third kappa shape index (κ3) is 2.79. The third-order valence-corrected chi connectivity index (χ3v) is 4.17. The predicted molar refractivity (Wildman–Crippen MR) is 65.3 cm³/mol. The van der Waals surface area contributed by atoms with Gasteiger partial charge in [0.15, 0.2) is 9.84 Å². The van der Waals surface area contributed by atoms with Crippen LogP contribution in [0.4, 0.5) is 0 Å². The molecule has 1 aromatic heterocycles. The number of carboxylic acids is 1. The van der Waals surface area contributed by atoms with E-state index in [1.165, 1.54) is 29.2 Å². The maximum Gasteiger partial charge on any atom is 0.335 e. The minimum atomic E-state index is -3.65. The van der Waals surface area contributed by atoms with Crippen molar-refractivity contribution in [3.05, 3.63) is 42.0 Å². The van der Waals surface area contributed by atoms with E-state index in [4.69, 9.17) is 5.11 Å². The highest BCUT2D eigenvalue weighted by molar-refractivity contribution is 7.90. The van der Waals surface area contributed by atoms with Crippen molar-refractivity contribution in [3.8, 4) is 0 Å². The van der Waals surface area contributed by atoms with E-state index in [9.17, 15) is 13.2 Å². The number of carboxylic acid groups (broad SMARTS) is 1. The normalized spacial score (nSPS) is 11.4. The van der Waals surface area contributed by atoms with Crippen LogP contribution in [0.3, 0.4) is 0 Å². The van der Waals surface area contributed by atoms with E-state index in [1.54, 1.807) is 7.05 Å². The van der Waals surface area contributed by atoms with Gasteiger partial charge in [-0.2, -0.15) is 5.10 Å². The summed E-state index contributed by atoms with van der Waals surface area (Å²) < 4.78 is 25.7. The molecule has 0 unspecified atom stereocenters. The van der Waals surface area contributed by atoms with Crippen LogP contribution in [0.1, 0.15) is 16.2 Å². The summed E-state index contributed by atoms with van der Waals surface area (Å²) in [5.74, 6) is -1.21. The number of carbonyl (C=O) groups is 1. The Labute approximate surface area is 109 Å². The van der Waals surface area contributed by atoms with Gasteiger partial charge in [-0.15, -0.1) is 0 Å². The largest absolute Gasteiger partial charge is 0.478 e. The Morgan fingerprint density at radius 1 is 1.42 bits per heavy atom. The highest BCUT2D eigenvalue weighted by Gasteiger charge is 2.19. The summed E-state index contributed by atoms with van der Waals surface area (Å²) in [6.07, 6.45) is 1.26. The number of hydrogen-bond acceptors (Lipinski definition) is 5. The van der Waals surface area contributed by atoms with Gasteiger partial charge in [-0.1, -0.05) is 6.07 Å². The molecule has 7 nitrogen and oxygen atoms in total. The van der Waals surface area contributed by atoms with Crippen LogP contribution in [0.2, 0.25) is 0 Å². The molecule has 0 fully saturated rings. The molecule has 0 aliphatic carbocycles. The first-order chi connectivity index (χ1) is 8.90. The Hall–Kier alpha value is -2.22. The van der Waals surface area contributed by atoms with E-state index in [0.29, 0.717) is 5.82 Å². The first-order valence-corrected chi connectivity index (χ1v) is 6.94. The van der Waals surface area contributed by atoms with E-state index in [1.807, 2.05) is 0 Å². The Morgan fingerprint density at radius 2 is 2.16 bits per heavy atom. The lowest BCUT2D eigenvalue weighted by Gasteiger charge is -2.05. The van der Waals surface area contributed by atoms with Gasteiger partial charge in [0.25, 0.3) is 0 Å². The van der Waals surface area contributed by atoms with Crippen molar-refractivity contribution < 1.29 is 18.3 Å². The van der Waals surface area contributed by atoms with E-state index in [-0.39, 0.29) is 16.2 Å². The fraction of sp³-hybridized carbons (Fsp3) is 0.182. The smallest absolute Gasteiger partial charge is 0.335 e. The minimum absolute atomic E-state index is 0.0459. The average Bonchev–Trinajstić information content (AvgIpc) is 2.74. The molecule has 0 bridgehead atoms. The lowest BCUT2D eigenvalue weighted by atomic mass is 10.2. The maximum absolute atomic E-state index is 12.2. The second-order valence-electron chi connectivity index (χ2n) is 3.89. The molecule has 2 rings (SSSR count). The Bertz CT molecular complexity index is 721. The summed E-state index contributed by atoms with van der Waals surface area (Å²) in [5.41, 5.74) is -0.0703. The fourth-order valence-electron chi connectivity index (χ4n) is 1.53. The Kier molecular flexibility index (Phi) is 3.34. The van der Waals surface area contributed by atoms with E-state index >= 15 is 0 Å². The quantitative estimate of drug-likeness (QED) is 0.874. The molecular weight excluding hydrogens is 270 g/mol. The lowest BCUT2D eigenvalue weighted by molar-refractivity contribution is 0.0696. The molecule has 19 heavy (non-hydrogen) atoms. The summed E-state index contributed by atoms with van der Waals surface area (Å²) in [6, 6.07) is 5.23. The predicted octanol–water partition coefficient (Wildman–Crippen LogP) is 0.487. The molecule has 1 heterocycles. The van der Waals surface area contributed by atoms with Crippen LogP contribution in [0.5, 0.6) is 0 Å². The van der Waals surface area contributed by atoms with Gasteiger partial charge in [-0.05, 0) is 18.2 Å². The van der Waals surface area contributed by atoms with Crippen LogP contribution in [-0.2, 0) is 22.6 Å². The molecule has 0 spiro atoms. The van der Waals surface area contributed by atoms with Crippen LogP contribution >= 0.6 is 0 Å². The van der Waals surface area contributed by atoms with Gasteiger partial charge in [0.05, 0.1) is 10.5 Å². The van der Waals surface area contributed by atoms with E-state index in [2.05, 4.69) is 10.1 Å². The highest BCUT2D eigenvalue weighted by Crippen LogP contribution is 2.16. The van der Waals surface area contributed by atoms with Gasteiger partial charge >= 0.3 is 5.97 Å². The van der Waals surface area contributed by atoms with Gasteiger partial charge in [-0.25, -0.2) is 18.2 Å². The number of nitrogens with zero attached hydrogens (tertiary/aromatic N) is 3. The van der Waals surface area contributed by atoms with Gasteiger partial charge in [0, 0.05) is 7.05 Å². The van der Waals surface area contributed by atoms with Gasteiger partial charge in [0.1, 0.15) is 17.9 Å². The first-order valence-electron chi connectivity index (χ1n) is 5.29. The van der Waals surface area contributed by atoms with E-state index < -0.39 is 15.8 Å². The average molecular weight is 281 g/mol. The molecule has 0 atom stereocenters. The van der Waals surface area contributed by atoms with Crippen molar-refractivity contribution in [1.82, 2.24) is 14.8 Å². The number of aromatic nitrogens is 3. The molecular formula is C11H11N3O4S. The van der Waals surface area contributed by atoms with Crippen LogP contribution in [0, 0.1) is 0 Å². The van der Waals surface area contributed by atoms with Crippen LogP contribution in [-0.4, -0.2) is 34.3 Å². The lowest BCUT2D eigenvalue weighted by Crippen LogP contribution is -2.10. The fourth-order valence-corrected chi connectivity index (χ4v) is 2.89. The number of sulfone groups is 1. The van der Waals surface area contributed by atoms with Crippen molar-refractivity contribution in [2.45, 2.75) is 10.6 Å². The number of benzene rings is 1. The van der Waals surface area contributed by atoms with Crippen LogP contribution in [0.25, 0.3) is 0 Å². The summed E-state index contributed by atoms with van der Waals surface area (Å²) in [5, 5.41) is 12.6. The molecule has 0 radical (unpaired) electrons. The summed E-state index contributed by atoms with van der Waals surface area (Å²) in [6.45, 7) is 0. The second-order valence-corrected chi connectivity index (χ2v) is 5.88. The van der Waals surface area contributed by atoms with Crippen LogP contribution in [0.15, 0.2) is 35.5 Å². The molecule has 1 aromatic carbocycles. The molecule has 0 aliphatic rings. The van der Waals surface area contributed by atoms with E-state index in [0.717, 1.165) is 6.07 Å². The molecule has 2 aromatic rings. The number of aryl methyl sites for hydroxylation is 1. The molecule has 8 heteroatoms. The zero-order chi connectivity index (χ0) is 14.0. The highest BCUT2D eigenvalue weighted by atomic mass is 32.2. The molecule has 0 amide bonds. The zero-order valence-electron chi connectivity index (χ0n) is 10.0. The summed E-state index contributed by atoms with van der Waals surface area (Å²) in [4.78, 5) is 14.6. The second kappa shape index (κ2) is 4.81. The van der Waals surface area contributed by atoms with Gasteiger partial charge < -0.3 is 5.11 Å². The first kappa shape index (κ1) is 13.2. The molecule has 1 N–H and O–H groups in total. The number of aromatic carboxylic acids is 1. The van der Waals surface area contributed by atoms with Crippen molar-refractivity contribution in [2.75, 3.05) is 0 Å². The monoisotopic (exact) mass is 281 g/mol. The third-order valence-electron chi connectivity index (χ3n) is 2.56. The number of rotatable bonds is 4. The van der Waals surface area contributed by atoms with Gasteiger partial charge in [0.2, 0.25) is 0 Å². The van der Waals surface area contributed by atoms with Crippen molar-refractivity contribution in [3.63, 3.8) is 0 Å². The van der Waals surface area contributed by atoms with Crippen molar-refractivity contribution >= 4 is 15.8 Å². The Morgan fingerprint density at radius 3 is 2.74 bits per heavy atom. The SMILES string of the molecule is Cn1ncnc1CS(=O)(=O)c1cccc(C(=O)O)c1. The molecule has 0 aliphatic heterocycles. The standard InChI is InChI=1S/C11H11N3O4S/c1-14-10(12-7-13-14)6-19(17,18)9-4-2-3-8(5-9)11(15)16/h2-5,7H,6H2,1H3,(H,15,16). The maximum atomic E-state index is 12.2. The Balaban J connectivity index is 2.37. The molecule has 0 saturated carbocycles. The van der Waals surface area contributed by atoms with Crippen molar-refractivity contribution in [1.29, 1.82) is 0 Å². The minimum Gasteiger partial charge on any atom is -0.478 e. The number of hydrogen-bond donors (Lipinski definition) is 1. The molecule has 0 saturated heterocycles. The summed E-state index contributed by atoms with van der Waals surface area (Å²) >= 11 is 0. The van der Waals surface area contributed by atoms with Crippen molar-refractivity contribution in [2.24, 2.45) is 7.05 Å².